The lowest BCUT2D eigenvalue weighted by Gasteiger charge is -2.17. The van der Waals surface area contributed by atoms with Crippen molar-refractivity contribution < 1.29 is 4.74 Å². The largest absolute Gasteiger partial charge is 0.496 e. The Balaban J connectivity index is 1.79. The lowest BCUT2D eigenvalue weighted by molar-refractivity contribution is 0.417. The third kappa shape index (κ3) is 2.82. The van der Waals surface area contributed by atoms with Gasteiger partial charge in [-0.15, -0.1) is 0 Å². The van der Waals surface area contributed by atoms with Crippen molar-refractivity contribution in [1.29, 1.82) is 0 Å². The molecule has 30 heavy (non-hydrogen) atoms. The Morgan fingerprint density at radius 1 is 1.07 bits per heavy atom. The predicted octanol–water partition coefficient (Wildman–Crippen LogP) is 4.31. The van der Waals surface area contributed by atoms with Crippen LogP contribution < -0.4 is 4.74 Å². The number of imidazole rings is 1. The van der Waals surface area contributed by atoms with Crippen LogP contribution in [0.1, 0.15) is 24.5 Å². The molecule has 0 unspecified atom stereocenters. The summed E-state index contributed by atoms with van der Waals surface area (Å²) in [6.45, 7) is 4.16. The number of benzene rings is 1. The molecule has 5 aromatic rings. The van der Waals surface area contributed by atoms with Crippen molar-refractivity contribution in [2.75, 3.05) is 7.11 Å². The number of nitrogens with zero attached hydrogens (tertiary/aromatic N) is 6. The van der Waals surface area contributed by atoms with E-state index in [4.69, 9.17) is 14.7 Å². The van der Waals surface area contributed by atoms with Gasteiger partial charge in [-0.25, -0.2) is 4.98 Å². The number of aromatic nitrogens is 6. The van der Waals surface area contributed by atoms with Gasteiger partial charge in [0, 0.05) is 36.0 Å². The van der Waals surface area contributed by atoms with Crippen LogP contribution in [0, 0.1) is 6.92 Å². The molecule has 150 valence electrons. The van der Waals surface area contributed by atoms with Crippen LogP contribution in [0.2, 0.25) is 0 Å². The average molecular weight is 398 g/mol. The fraction of sp³-hybridized carbons (Fsp3) is 0.217. The van der Waals surface area contributed by atoms with Gasteiger partial charge in [0.2, 0.25) is 0 Å². The summed E-state index contributed by atoms with van der Waals surface area (Å²) >= 11 is 0. The van der Waals surface area contributed by atoms with E-state index < -0.39 is 0 Å². The van der Waals surface area contributed by atoms with Crippen LogP contribution in [-0.4, -0.2) is 36.4 Å². The summed E-state index contributed by atoms with van der Waals surface area (Å²) in [4.78, 5) is 14.0. The van der Waals surface area contributed by atoms with Crippen molar-refractivity contribution >= 4 is 21.9 Å². The average Bonchev–Trinajstić information content (AvgIpc) is 3.35. The molecule has 0 N–H and O–H groups in total. The molecule has 0 saturated carbocycles. The maximum absolute atomic E-state index is 5.75. The zero-order valence-electron chi connectivity index (χ0n) is 17.4. The SMILES string of the molecule is COc1cc2c(cc1-c1cnn(C)c1)ncc1nc(C)n([C@H](C)c3ccccn3)c12. The molecule has 0 spiro atoms. The standard InChI is InChI=1S/C23H22N6O/c1-14(19-7-5-6-8-24-19)29-15(2)27-21-12-25-20-9-17(16-11-26-28(3)13-16)22(30-4)10-18(20)23(21)29/h5-14H,1-4H3/t14-/m1/s1. The number of rotatable bonds is 4. The van der Waals surface area contributed by atoms with Crippen molar-refractivity contribution in [3.8, 4) is 16.9 Å². The van der Waals surface area contributed by atoms with Gasteiger partial charge in [0.05, 0.1) is 42.3 Å². The van der Waals surface area contributed by atoms with E-state index in [1.807, 2.05) is 57.0 Å². The molecule has 0 amide bonds. The van der Waals surface area contributed by atoms with Gasteiger partial charge >= 0.3 is 0 Å². The van der Waals surface area contributed by atoms with Crippen molar-refractivity contribution in [2.24, 2.45) is 7.05 Å². The molecule has 0 fully saturated rings. The summed E-state index contributed by atoms with van der Waals surface area (Å²) in [6, 6.07) is 10.1. The molecular formula is C23H22N6O. The van der Waals surface area contributed by atoms with Crippen molar-refractivity contribution in [3.63, 3.8) is 0 Å². The Labute approximate surface area is 174 Å². The Morgan fingerprint density at radius 2 is 1.93 bits per heavy atom. The van der Waals surface area contributed by atoms with Crippen LogP contribution in [0.5, 0.6) is 5.75 Å². The molecule has 0 aliphatic heterocycles. The van der Waals surface area contributed by atoms with Crippen LogP contribution in [0.4, 0.5) is 0 Å². The monoisotopic (exact) mass is 398 g/mol. The van der Waals surface area contributed by atoms with Gasteiger partial charge in [0.15, 0.2) is 0 Å². The van der Waals surface area contributed by atoms with Crippen LogP contribution in [-0.2, 0) is 7.05 Å². The molecule has 0 radical (unpaired) electrons. The van der Waals surface area contributed by atoms with Gasteiger partial charge in [-0.05, 0) is 38.1 Å². The molecule has 7 heteroatoms. The molecule has 4 heterocycles. The Morgan fingerprint density at radius 3 is 2.63 bits per heavy atom. The van der Waals surface area contributed by atoms with Crippen LogP contribution in [0.15, 0.2) is 55.1 Å². The number of methoxy groups -OCH3 is 1. The van der Waals surface area contributed by atoms with E-state index in [9.17, 15) is 0 Å². The van der Waals surface area contributed by atoms with Gasteiger partial charge in [-0.2, -0.15) is 5.10 Å². The lowest BCUT2D eigenvalue weighted by Crippen LogP contribution is -2.10. The van der Waals surface area contributed by atoms with Gasteiger partial charge < -0.3 is 9.30 Å². The summed E-state index contributed by atoms with van der Waals surface area (Å²) in [7, 11) is 3.59. The lowest BCUT2D eigenvalue weighted by atomic mass is 10.0. The highest BCUT2D eigenvalue weighted by Gasteiger charge is 2.20. The number of hydrogen-bond donors (Lipinski definition) is 0. The highest BCUT2D eigenvalue weighted by molar-refractivity contribution is 6.05. The summed E-state index contributed by atoms with van der Waals surface area (Å²) in [6.07, 6.45) is 7.47. The Kier molecular flexibility index (Phi) is 4.24. The van der Waals surface area contributed by atoms with E-state index in [1.54, 1.807) is 11.8 Å². The summed E-state index contributed by atoms with van der Waals surface area (Å²) in [5, 5.41) is 5.29. The second-order valence-electron chi connectivity index (χ2n) is 7.42. The van der Waals surface area contributed by atoms with Crippen molar-refractivity contribution in [1.82, 2.24) is 29.3 Å². The van der Waals surface area contributed by atoms with Crippen molar-refractivity contribution in [3.05, 3.63) is 66.6 Å². The first-order valence-electron chi connectivity index (χ1n) is 9.82. The smallest absolute Gasteiger partial charge is 0.127 e. The molecule has 0 bridgehead atoms. The minimum atomic E-state index is 0.0331. The molecule has 0 saturated heterocycles. The van der Waals surface area contributed by atoms with Gasteiger partial charge in [0.25, 0.3) is 0 Å². The number of ether oxygens (including phenoxy) is 1. The summed E-state index contributed by atoms with van der Waals surface area (Å²) in [5.41, 5.74) is 5.72. The number of pyridine rings is 2. The number of hydrogen-bond acceptors (Lipinski definition) is 5. The fourth-order valence-electron chi connectivity index (χ4n) is 4.10. The third-order valence-corrected chi connectivity index (χ3v) is 5.53. The van der Waals surface area contributed by atoms with Crippen LogP contribution >= 0.6 is 0 Å². The molecule has 5 rings (SSSR count). The quantitative estimate of drug-likeness (QED) is 0.451. The van der Waals surface area contributed by atoms with E-state index in [-0.39, 0.29) is 6.04 Å². The van der Waals surface area contributed by atoms with E-state index in [0.29, 0.717) is 0 Å². The normalized spacial score (nSPS) is 12.5. The summed E-state index contributed by atoms with van der Waals surface area (Å²) in [5.74, 6) is 1.70. The Hall–Kier alpha value is -3.74. The van der Waals surface area contributed by atoms with Crippen molar-refractivity contribution in [2.45, 2.75) is 19.9 Å². The highest BCUT2D eigenvalue weighted by atomic mass is 16.5. The first-order valence-corrected chi connectivity index (χ1v) is 9.82. The second-order valence-corrected chi connectivity index (χ2v) is 7.42. The minimum absolute atomic E-state index is 0.0331. The topological polar surface area (TPSA) is 70.7 Å². The van der Waals surface area contributed by atoms with Crippen LogP contribution in [0.3, 0.4) is 0 Å². The summed E-state index contributed by atoms with van der Waals surface area (Å²) < 4.78 is 9.76. The second kappa shape index (κ2) is 6.95. The van der Waals surface area contributed by atoms with Gasteiger partial charge in [0.1, 0.15) is 17.1 Å². The van der Waals surface area contributed by atoms with E-state index in [1.165, 1.54) is 0 Å². The molecule has 0 aliphatic rings. The minimum Gasteiger partial charge on any atom is -0.496 e. The number of fused-ring (bicyclic) bond motifs is 3. The molecule has 1 atom stereocenters. The molecule has 7 nitrogen and oxygen atoms in total. The molecule has 1 aromatic carbocycles. The molecule has 4 aromatic heterocycles. The zero-order chi connectivity index (χ0) is 20.8. The fourth-order valence-corrected chi connectivity index (χ4v) is 4.10. The van der Waals surface area contributed by atoms with Gasteiger partial charge in [-0.1, -0.05) is 6.07 Å². The first kappa shape index (κ1) is 18.3. The van der Waals surface area contributed by atoms with E-state index in [0.717, 1.165) is 50.3 Å². The third-order valence-electron chi connectivity index (χ3n) is 5.53. The van der Waals surface area contributed by atoms with Gasteiger partial charge in [-0.3, -0.25) is 14.6 Å². The number of aryl methyl sites for hydroxylation is 2. The maximum Gasteiger partial charge on any atom is 0.127 e. The van der Waals surface area contributed by atoms with E-state index in [2.05, 4.69) is 33.7 Å². The maximum atomic E-state index is 5.75. The van der Waals surface area contributed by atoms with Crippen LogP contribution in [0.25, 0.3) is 33.1 Å². The zero-order valence-corrected chi connectivity index (χ0v) is 17.4. The van der Waals surface area contributed by atoms with E-state index >= 15 is 0 Å². The molecule has 0 aliphatic carbocycles. The Bertz CT molecular complexity index is 1370. The molecular weight excluding hydrogens is 376 g/mol. The first-order chi connectivity index (χ1) is 14.6. The predicted molar refractivity (Wildman–Crippen MR) is 117 cm³/mol. The highest BCUT2D eigenvalue weighted by Crippen LogP contribution is 2.37.